The maximum atomic E-state index is 13.2. The highest BCUT2D eigenvalue weighted by Crippen LogP contribution is 2.20. The van der Waals surface area contributed by atoms with E-state index < -0.39 is 24.9 Å². The Hall–Kier alpha value is -2.77. The topological polar surface area (TPSA) is 80.6 Å². The second-order valence-electron chi connectivity index (χ2n) is 6.75. The van der Waals surface area contributed by atoms with Crippen LogP contribution in [-0.4, -0.2) is 21.9 Å². The maximum Gasteiger partial charge on any atom is 0.283 e. The zero-order valence-corrected chi connectivity index (χ0v) is 17.7. The zero-order valence-electron chi connectivity index (χ0n) is 16.1. The van der Waals surface area contributed by atoms with Crippen LogP contribution in [0.5, 0.6) is 0 Å². The molecular weight excluding hydrogens is 406 g/mol. The molecule has 0 saturated carbocycles. The Morgan fingerprint density at radius 1 is 0.690 bits per heavy atom. The average molecular weight is 428 g/mol. The molecule has 0 N–H and O–H groups in total. The summed E-state index contributed by atoms with van der Waals surface area (Å²) in [5.74, 6) is 0. The molecule has 0 aliphatic heterocycles. The number of hydrogen-bond donors (Lipinski definition) is 0. The molecule has 29 heavy (non-hydrogen) atoms. The molecular formula is C22H21NO4S2. The van der Waals surface area contributed by atoms with Gasteiger partial charge in [-0.05, 0) is 43.7 Å². The van der Waals surface area contributed by atoms with Crippen molar-refractivity contribution < 1.29 is 16.8 Å². The maximum absolute atomic E-state index is 13.2. The molecule has 0 atom stereocenters. The summed E-state index contributed by atoms with van der Waals surface area (Å²) in [6.45, 7) is 3.68. The highest BCUT2D eigenvalue weighted by atomic mass is 32.2. The van der Waals surface area contributed by atoms with Crippen LogP contribution in [0.4, 0.5) is 0 Å². The molecule has 0 amide bonds. The fraction of sp³-hybridized carbons (Fsp3) is 0.136. The second kappa shape index (κ2) is 8.31. The van der Waals surface area contributed by atoms with E-state index in [1.54, 1.807) is 54.6 Å². The summed E-state index contributed by atoms with van der Waals surface area (Å²) in [5.41, 5.74) is 2.45. The van der Waals surface area contributed by atoms with Gasteiger partial charge in [-0.3, -0.25) is 0 Å². The molecule has 0 bridgehead atoms. The van der Waals surface area contributed by atoms with Crippen LogP contribution in [0.1, 0.15) is 16.7 Å². The van der Waals surface area contributed by atoms with Gasteiger partial charge >= 0.3 is 0 Å². The lowest BCUT2D eigenvalue weighted by Gasteiger charge is -2.10. The molecule has 0 aliphatic carbocycles. The normalized spacial score (nSPS) is 12.7. The number of aryl methyl sites for hydroxylation is 2. The first-order valence-corrected chi connectivity index (χ1v) is 11.9. The number of sulfonamides is 1. The Kier molecular flexibility index (Phi) is 6.00. The first-order chi connectivity index (χ1) is 13.7. The molecule has 3 aromatic carbocycles. The predicted molar refractivity (Wildman–Crippen MR) is 114 cm³/mol. The molecule has 3 rings (SSSR count). The van der Waals surface area contributed by atoms with E-state index in [1.165, 1.54) is 24.3 Å². The molecule has 0 spiro atoms. The highest BCUT2D eigenvalue weighted by molar-refractivity contribution is 8.07. The van der Waals surface area contributed by atoms with E-state index >= 15 is 0 Å². The third kappa shape index (κ3) is 4.99. The molecule has 3 aromatic rings. The van der Waals surface area contributed by atoms with Crippen molar-refractivity contribution in [3.8, 4) is 0 Å². The lowest BCUT2D eigenvalue weighted by Crippen LogP contribution is -2.20. The molecule has 0 fully saturated rings. The Morgan fingerprint density at radius 3 is 1.69 bits per heavy atom. The molecule has 0 unspecified atom stereocenters. The van der Waals surface area contributed by atoms with Gasteiger partial charge in [-0.2, -0.15) is 12.8 Å². The van der Waals surface area contributed by atoms with E-state index in [9.17, 15) is 16.8 Å². The third-order valence-electron chi connectivity index (χ3n) is 4.38. The van der Waals surface area contributed by atoms with E-state index in [4.69, 9.17) is 0 Å². The summed E-state index contributed by atoms with van der Waals surface area (Å²) in [6, 6.07) is 21.2. The fourth-order valence-corrected chi connectivity index (χ4v) is 5.43. The van der Waals surface area contributed by atoms with E-state index in [1.807, 2.05) is 13.8 Å². The van der Waals surface area contributed by atoms with Gasteiger partial charge in [-0.1, -0.05) is 65.7 Å². The average Bonchev–Trinajstić information content (AvgIpc) is 2.69. The van der Waals surface area contributed by atoms with Gasteiger partial charge in [0.1, 0.15) is 0 Å². The van der Waals surface area contributed by atoms with Crippen LogP contribution in [0, 0.1) is 13.8 Å². The number of rotatable bonds is 5. The van der Waals surface area contributed by atoms with E-state index in [0.29, 0.717) is 5.56 Å². The standard InChI is InChI=1S/C22H21NO4S2/c1-17-8-12-20(13-9-17)28(24,25)22(16-19-6-4-3-5-7-19)23-29(26,27)21-14-10-18(2)11-15-21/h3-15H,16H2,1-2H3/b23-22+. The minimum Gasteiger partial charge on any atom is -0.217 e. The monoisotopic (exact) mass is 427 g/mol. The molecule has 0 heterocycles. The lowest BCUT2D eigenvalue weighted by atomic mass is 10.2. The van der Waals surface area contributed by atoms with Crippen LogP contribution < -0.4 is 0 Å². The largest absolute Gasteiger partial charge is 0.283 e. The first-order valence-electron chi connectivity index (χ1n) is 8.95. The molecule has 0 aromatic heterocycles. The van der Waals surface area contributed by atoms with Crippen LogP contribution in [0.15, 0.2) is 93.1 Å². The van der Waals surface area contributed by atoms with Gasteiger partial charge in [-0.25, -0.2) is 8.42 Å². The van der Waals surface area contributed by atoms with Crippen LogP contribution in [0.3, 0.4) is 0 Å². The van der Waals surface area contributed by atoms with Crippen molar-refractivity contribution >= 4 is 24.9 Å². The summed E-state index contributed by atoms with van der Waals surface area (Å²) >= 11 is 0. The van der Waals surface area contributed by atoms with Crippen molar-refractivity contribution in [1.29, 1.82) is 0 Å². The predicted octanol–water partition coefficient (Wildman–Crippen LogP) is 4.11. The lowest BCUT2D eigenvalue weighted by molar-refractivity contribution is 0.596. The van der Waals surface area contributed by atoms with Gasteiger partial charge in [0, 0.05) is 6.42 Å². The summed E-state index contributed by atoms with van der Waals surface area (Å²) in [4.78, 5) is -0.0374. The van der Waals surface area contributed by atoms with Crippen molar-refractivity contribution in [3.05, 3.63) is 95.6 Å². The molecule has 0 saturated heterocycles. The number of sulfone groups is 1. The minimum absolute atomic E-state index is 0.0110. The summed E-state index contributed by atoms with van der Waals surface area (Å²) < 4.78 is 55.9. The molecule has 0 aliphatic rings. The van der Waals surface area contributed by atoms with E-state index in [0.717, 1.165) is 11.1 Å². The van der Waals surface area contributed by atoms with Gasteiger partial charge in [0.05, 0.1) is 9.79 Å². The van der Waals surface area contributed by atoms with Gasteiger partial charge in [0.2, 0.25) is 9.84 Å². The van der Waals surface area contributed by atoms with Crippen molar-refractivity contribution in [2.24, 2.45) is 4.40 Å². The van der Waals surface area contributed by atoms with Crippen LogP contribution in [-0.2, 0) is 26.3 Å². The van der Waals surface area contributed by atoms with Gasteiger partial charge < -0.3 is 0 Å². The number of hydrogen-bond acceptors (Lipinski definition) is 4. The second-order valence-corrected chi connectivity index (χ2v) is 10.3. The Balaban J connectivity index is 2.13. The van der Waals surface area contributed by atoms with E-state index in [2.05, 4.69) is 4.40 Å². The van der Waals surface area contributed by atoms with Crippen molar-refractivity contribution in [2.75, 3.05) is 0 Å². The Labute approximate surface area is 171 Å². The molecule has 5 nitrogen and oxygen atoms in total. The quantitative estimate of drug-likeness (QED) is 0.453. The van der Waals surface area contributed by atoms with Crippen LogP contribution >= 0.6 is 0 Å². The minimum atomic E-state index is -4.19. The molecule has 150 valence electrons. The zero-order chi connectivity index (χ0) is 21.1. The van der Waals surface area contributed by atoms with Crippen molar-refractivity contribution in [1.82, 2.24) is 0 Å². The smallest absolute Gasteiger partial charge is 0.217 e. The fourth-order valence-electron chi connectivity index (χ4n) is 2.70. The SMILES string of the molecule is Cc1ccc(S(=O)(=O)/N=C(\Cc2ccccc2)S(=O)(=O)c2ccc(C)cc2)cc1. The first kappa shape index (κ1) is 21.0. The summed E-state index contributed by atoms with van der Waals surface area (Å²) in [5, 5.41) is -0.409. The molecule has 7 heteroatoms. The van der Waals surface area contributed by atoms with Crippen molar-refractivity contribution in [2.45, 2.75) is 30.1 Å². The Bertz CT molecular complexity index is 1230. The molecule has 0 radical (unpaired) electrons. The van der Waals surface area contributed by atoms with E-state index in [-0.39, 0.29) is 16.2 Å². The van der Waals surface area contributed by atoms with Gasteiger partial charge in [-0.15, -0.1) is 0 Å². The van der Waals surface area contributed by atoms with Crippen molar-refractivity contribution in [3.63, 3.8) is 0 Å². The Morgan fingerprint density at radius 2 is 1.17 bits per heavy atom. The van der Waals surface area contributed by atoms with Crippen LogP contribution in [0.2, 0.25) is 0 Å². The third-order valence-corrected chi connectivity index (χ3v) is 7.57. The van der Waals surface area contributed by atoms with Crippen LogP contribution in [0.25, 0.3) is 0 Å². The summed E-state index contributed by atoms with van der Waals surface area (Å²) in [6.07, 6.45) is -0.123. The number of nitrogens with zero attached hydrogens (tertiary/aromatic N) is 1. The van der Waals surface area contributed by atoms with Gasteiger partial charge in [0.15, 0.2) is 5.04 Å². The van der Waals surface area contributed by atoms with Gasteiger partial charge in [0.25, 0.3) is 10.0 Å². The number of benzene rings is 3. The highest BCUT2D eigenvalue weighted by Gasteiger charge is 2.26. The summed E-state index contributed by atoms with van der Waals surface area (Å²) in [7, 11) is -8.28.